The molecule has 1 aromatic carbocycles. The van der Waals surface area contributed by atoms with Gasteiger partial charge in [0.2, 0.25) is 0 Å². The summed E-state index contributed by atoms with van der Waals surface area (Å²) in [6.07, 6.45) is 3.41. The van der Waals surface area contributed by atoms with Crippen LogP contribution in [0, 0.1) is 5.41 Å². The zero-order valence-electron chi connectivity index (χ0n) is 14.2. The summed E-state index contributed by atoms with van der Waals surface area (Å²) in [5, 5.41) is 3.93. The second kappa shape index (κ2) is 5.78. The quantitative estimate of drug-likeness (QED) is 0.790. The highest BCUT2D eigenvalue weighted by Gasteiger charge is 2.49. The molecule has 6 heteroatoms. The van der Waals surface area contributed by atoms with Crippen LogP contribution < -0.4 is 10.2 Å². The second-order valence-electron chi connectivity index (χ2n) is 7.08. The van der Waals surface area contributed by atoms with Crippen molar-refractivity contribution in [2.75, 3.05) is 36.5 Å². The lowest BCUT2D eigenvalue weighted by Gasteiger charge is -2.56. The van der Waals surface area contributed by atoms with E-state index in [2.05, 4.69) is 20.2 Å². The van der Waals surface area contributed by atoms with Crippen molar-refractivity contribution in [1.82, 2.24) is 9.97 Å². The molecule has 2 aromatic heterocycles. The number of hydrogen-bond donors (Lipinski definition) is 1. The number of aromatic nitrogens is 2. The molecule has 4 heterocycles. The van der Waals surface area contributed by atoms with Crippen LogP contribution in [0.1, 0.15) is 10.5 Å². The van der Waals surface area contributed by atoms with E-state index in [0.29, 0.717) is 16.8 Å². The molecule has 0 radical (unpaired) electrons. The first-order valence-corrected chi connectivity index (χ1v) is 8.66. The third-order valence-corrected chi connectivity index (χ3v) is 5.09. The highest BCUT2D eigenvalue weighted by molar-refractivity contribution is 6.07. The Morgan fingerprint density at radius 3 is 2.73 bits per heavy atom. The number of hydrogen-bond acceptors (Lipinski definition) is 5. The summed E-state index contributed by atoms with van der Waals surface area (Å²) in [5.41, 5.74) is 3.23. The fourth-order valence-electron chi connectivity index (χ4n) is 3.65. The fraction of sp³-hybridized carbons (Fsp3) is 0.250. The Labute approximate surface area is 150 Å². The molecule has 0 atom stereocenters. The smallest absolute Gasteiger partial charge is 0.274 e. The van der Waals surface area contributed by atoms with Crippen LogP contribution in [0.15, 0.2) is 54.9 Å². The summed E-state index contributed by atoms with van der Waals surface area (Å²) in [5.74, 6) is -0.229. The van der Waals surface area contributed by atoms with Crippen LogP contribution >= 0.6 is 0 Å². The predicted octanol–water partition coefficient (Wildman–Crippen LogP) is 2.72. The standard InChI is InChI=1S/C20H18N4O2/c25-19(23-16-5-1-3-14-4-2-7-22-18(14)16)17-9-15(6-8-21-17)24-10-20(11-24)12-26-13-20/h1-9H,10-13H2,(H,23,25). The molecule has 0 unspecified atom stereocenters. The summed E-state index contributed by atoms with van der Waals surface area (Å²) in [6.45, 7) is 3.64. The molecule has 2 fully saturated rings. The maximum Gasteiger partial charge on any atom is 0.274 e. The Kier molecular flexibility index (Phi) is 3.39. The van der Waals surface area contributed by atoms with Crippen LogP contribution in [0.25, 0.3) is 10.9 Å². The molecule has 5 rings (SSSR count). The average Bonchev–Trinajstić information content (AvgIpc) is 2.60. The third-order valence-electron chi connectivity index (χ3n) is 5.09. The Balaban J connectivity index is 1.36. The lowest BCUT2D eigenvalue weighted by Crippen LogP contribution is -2.66. The van der Waals surface area contributed by atoms with Crippen molar-refractivity contribution in [3.05, 3.63) is 60.6 Å². The van der Waals surface area contributed by atoms with E-state index in [1.54, 1.807) is 12.4 Å². The van der Waals surface area contributed by atoms with Gasteiger partial charge in [0.1, 0.15) is 5.69 Å². The van der Waals surface area contributed by atoms with Gasteiger partial charge in [-0.25, -0.2) is 0 Å². The first-order chi connectivity index (χ1) is 12.7. The van der Waals surface area contributed by atoms with Crippen LogP contribution in [0.4, 0.5) is 11.4 Å². The van der Waals surface area contributed by atoms with Gasteiger partial charge in [0.15, 0.2) is 0 Å². The van der Waals surface area contributed by atoms with Gasteiger partial charge in [0.25, 0.3) is 5.91 Å². The predicted molar refractivity (Wildman–Crippen MR) is 99.4 cm³/mol. The van der Waals surface area contributed by atoms with Gasteiger partial charge in [-0.3, -0.25) is 14.8 Å². The highest BCUT2D eigenvalue weighted by Crippen LogP contribution is 2.40. The average molecular weight is 346 g/mol. The highest BCUT2D eigenvalue weighted by atomic mass is 16.5. The molecule has 2 aliphatic heterocycles. The van der Waals surface area contributed by atoms with Crippen LogP contribution in [-0.4, -0.2) is 42.2 Å². The first kappa shape index (κ1) is 15.3. The Hall–Kier alpha value is -2.99. The second-order valence-corrected chi connectivity index (χ2v) is 7.08. The van der Waals surface area contributed by atoms with Crippen molar-refractivity contribution in [3.8, 4) is 0 Å². The zero-order valence-corrected chi connectivity index (χ0v) is 14.2. The van der Waals surface area contributed by atoms with Gasteiger partial charge >= 0.3 is 0 Å². The lowest BCUT2D eigenvalue weighted by molar-refractivity contribution is -0.127. The molecule has 0 bridgehead atoms. The summed E-state index contributed by atoms with van der Waals surface area (Å²) in [6, 6.07) is 13.4. The van der Waals surface area contributed by atoms with E-state index in [-0.39, 0.29) is 5.91 Å². The Morgan fingerprint density at radius 1 is 1.08 bits per heavy atom. The topological polar surface area (TPSA) is 67.4 Å². The number of amides is 1. The van der Waals surface area contributed by atoms with Crippen molar-refractivity contribution in [3.63, 3.8) is 0 Å². The molecule has 3 aromatic rings. The van der Waals surface area contributed by atoms with E-state index in [4.69, 9.17) is 4.74 Å². The maximum atomic E-state index is 12.7. The molecule has 2 aliphatic rings. The summed E-state index contributed by atoms with van der Waals surface area (Å²) in [4.78, 5) is 23.6. The number of rotatable bonds is 3. The largest absolute Gasteiger partial charge is 0.380 e. The molecule has 1 spiro atoms. The zero-order chi connectivity index (χ0) is 17.6. The summed E-state index contributed by atoms with van der Waals surface area (Å²) >= 11 is 0. The third kappa shape index (κ3) is 2.50. The molecule has 2 saturated heterocycles. The minimum atomic E-state index is -0.229. The number of benzene rings is 1. The first-order valence-electron chi connectivity index (χ1n) is 8.66. The Morgan fingerprint density at radius 2 is 1.92 bits per heavy atom. The van der Waals surface area contributed by atoms with Crippen molar-refractivity contribution in [1.29, 1.82) is 0 Å². The number of nitrogens with zero attached hydrogens (tertiary/aromatic N) is 3. The van der Waals surface area contributed by atoms with Crippen molar-refractivity contribution >= 4 is 28.2 Å². The minimum Gasteiger partial charge on any atom is -0.380 e. The number of carbonyl (C=O) groups excluding carboxylic acids is 1. The van der Waals surface area contributed by atoms with Gasteiger partial charge in [0.05, 0.1) is 29.8 Å². The van der Waals surface area contributed by atoms with E-state index >= 15 is 0 Å². The lowest BCUT2D eigenvalue weighted by atomic mass is 9.78. The number of carbonyl (C=O) groups is 1. The van der Waals surface area contributed by atoms with Gasteiger partial charge in [-0.2, -0.15) is 0 Å². The van der Waals surface area contributed by atoms with Crippen LogP contribution in [0.3, 0.4) is 0 Å². The van der Waals surface area contributed by atoms with Gasteiger partial charge in [-0.05, 0) is 24.3 Å². The van der Waals surface area contributed by atoms with Crippen LogP contribution in [0.2, 0.25) is 0 Å². The maximum absolute atomic E-state index is 12.7. The summed E-state index contributed by atoms with van der Waals surface area (Å²) in [7, 11) is 0. The number of pyridine rings is 2. The molecule has 0 aliphatic carbocycles. The van der Waals surface area contributed by atoms with Gasteiger partial charge in [-0.1, -0.05) is 18.2 Å². The fourth-order valence-corrected chi connectivity index (χ4v) is 3.65. The van der Waals surface area contributed by atoms with Gasteiger partial charge < -0.3 is 15.0 Å². The van der Waals surface area contributed by atoms with E-state index < -0.39 is 0 Å². The molecule has 130 valence electrons. The molecular formula is C20H18N4O2. The molecular weight excluding hydrogens is 328 g/mol. The number of ether oxygens (including phenoxy) is 1. The summed E-state index contributed by atoms with van der Waals surface area (Å²) < 4.78 is 5.32. The van der Waals surface area contributed by atoms with Crippen LogP contribution in [0.5, 0.6) is 0 Å². The molecule has 6 nitrogen and oxygen atoms in total. The monoisotopic (exact) mass is 346 g/mol. The van der Waals surface area contributed by atoms with Gasteiger partial charge in [-0.15, -0.1) is 0 Å². The molecule has 1 amide bonds. The SMILES string of the molecule is O=C(Nc1cccc2cccnc12)c1cc(N2CC3(COC3)C2)ccn1. The van der Waals surface area contributed by atoms with Crippen molar-refractivity contribution in [2.24, 2.45) is 5.41 Å². The number of para-hydroxylation sites is 1. The number of anilines is 2. The van der Waals surface area contributed by atoms with E-state index in [9.17, 15) is 4.79 Å². The van der Waals surface area contributed by atoms with Crippen molar-refractivity contribution in [2.45, 2.75) is 0 Å². The van der Waals surface area contributed by atoms with E-state index in [1.807, 2.05) is 42.5 Å². The number of fused-ring (bicyclic) bond motifs is 1. The van der Waals surface area contributed by atoms with Crippen molar-refractivity contribution < 1.29 is 9.53 Å². The van der Waals surface area contributed by atoms with E-state index in [1.165, 1.54) is 0 Å². The number of nitrogens with one attached hydrogen (secondary N) is 1. The molecule has 26 heavy (non-hydrogen) atoms. The van der Waals surface area contributed by atoms with Crippen LogP contribution in [-0.2, 0) is 4.74 Å². The van der Waals surface area contributed by atoms with Gasteiger partial charge in [0, 0.05) is 36.6 Å². The minimum absolute atomic E-state index is 0.229. The normalized spacial score (nSPS) is 17.6. The van der Waals surface area contributed by atoms with E-state index in [0.717, 1.165) is 42.9 Å². The molecule has 1 N–H and O–H groups in total. The Bertz CT molecular complexity index is 987. The molecule has 0 saturated carbocycles.